The summed E-state index contributed by atoms with van der Waals surface area (Å²) in [5.41, 5.74) is 27.1. The van der Waals surface area contributed by atoms with Crippen molar-refractivity contribution in [3.05, 3.63) is 369 Å². The van der Waals surface area contributed by atoms with E-state index in [0.29, 0.717) is 31.2 Å². The van der Waals surface area contributed by atoms with Crippen LogP contribution >= 0.6 is 0 Å². The smallest absolute Gasteiger partial charge is 0.358 e. The topological polar surface area (TPSA) is 183 Å². The Balaban J connectivity index is 0.000000153. The van der Waals surface area contributed by atoms with Crippen molar-refractivity contribution in [3.8, 4) is 0 Å². The van der Waals surface area contributed by atoms with E-state index in [1.807, 2.05) is 104 Å². The van der Waals surface area contributed by atoms with Gasteiger partial charge in [0.05, 0.1) is 34.4 Å². The predicted octanol–water partition coefficient (Wildman–Crippen LogP) is 21.2. The number of likely N-dealkylation sites (N-methyl/N-ethyl adjacent to an activating group) is 4. The van der Waals surface area contributed by atoms with E-state index in [9.17, 15) is 41.1 Å². The molecule has 136 heavy (non-hydrogen) atoms. The van der Waals surface area contributed by atoms with Gasteiger partial charge in [0.15, 0.2) is 0 Å². The van der Waals surface area contributed by atoms with E-state index in [-0.39, 0.29) is 65.4 Å². The molecule has 16 rings (SSSR count). The van der Waals surface area contributed by atoms with Gasteiger partial charge < -0.3 is 25.8 Å². The first-order chi connectivity index (χ1) is 65.4. The summed E-state index contributed by atoms with van der Waals surface area (Å²) in [5, 5.41) is 21.2. The zero-order valence-corrected chi connectivity index (χ0v) is 82.4. The summed E-state index contributed by atoms with van der Waals surface area (Å²) in [6.45, 7) is 32.6. The SMILES string of the molecule is CCc1nc(C)c2n1CCN([C@@H](C(=O)NC)c1ccccc1)[C@H]2CCc1ccc(C)c(C)c1.CCn1nc(C)c2c1CCCN([C@@H](C(=O)NC)c1ccccc1)[C@H]2CCc1cc(F)c(C)c(F)c1.CCn1nc(C)c2c1CCN([C@@H](C(=O)NC)c1ccccc1)[C@H]2CCc1ccc(C)cc1C.CNC(=O)[C@@H](c1ccccc1)N1CCc2cc(C)c(C)cc2[C@@H]1CCc1ccc(C(F)(F)F)cc1. The van der Waals surface area contributed by atoms with Crippen molar-refractivity contribution in [1.82, 2.24) is 70.0 Å². The number of rotatable bonds is 27. The van der Waals surface area contributed by atoms with Crippen molar-refractivity contribution in [2.45, 2.75) is 248 Å². The molecule has 4 N–H and O–H groups in total. The van der Waals surface area contributed by atoms with Crippen molar-refractivity contribution < 1.29 is 41.1 Å². The average molecular weight is 1850 g/mol. The number of nitrogens with zero attached hydrogens (tertiary/aromatic N) is 10. The highest BCUT2D eigenvalue weighted by molar-refractivity contribution is 5.85. The first-order valence-corrected chi connectivity index (χ1v) is 48.5. The normalized spacial score (nSPS) is 17.0. The highest BCUT2D eigenvalue weighted by atomic mass is 19.4. The number of halogens is 5. The van der Waals surface area contributed by atoms with Crippen LogP contribution in [0.2, 0.25) is 0 Å². The number of carbonyl (C=O) groups excluding carboxylic acids is 4. The minimum absolute atomic E-state index is 0.0379. The number of fused-ring (bicyclic) bond motifs is 4. The predicted molar refractivity (Wildman–Crippen MR) is 532 cm³/mol. The molecular weight excluding hydrogens is 1710 g/mol. The summed E-state index contributed by atoms with van der Waals surface area (Å²) >= 11 is 0. The number of carbonyl (C=O) groups is 4. The van der Waals surface area contributed by atoms with Crippen LogP contribution in [0, 0.1) is 80.9 Å². The number of hydrogen-bond acceptors (Lipinski definition) is 11. The van der Waals surface area contributed by atoms with Crippen LogP contribution in [-0.2, 0) is 96.4 Å². The fourth-order valence-electron chi connectivity index (χ4n) is 21.2. The molecule has 0 fully saturated rings. The Morgan fingerprint density at radius 3 is 1.31 bits per heavy atom. The second kappa shape index (κ2) is 46.2. The lowest BCUT2D eigenvalue weighted by Gasteiger charge is -2.42. The third kappa shape index (κ3) is 23.3. The van der Waals surface area contributed by atoms with Gasteiger partial charge in [0.2, 0.25) is 23.6 Å². The number of benzene rings is 9. The van der Waals surface area contributed by atoms with Crippen LogP contribution < -0.4 is 21.3 Å². The van der Waals surface area contributed by atoms with Gasteiger partial charge in [0, 0.05) is 133 Å². The molecule has 18 nitrogen and oxygen atoms in total. The van der Waals surface area contributed by atoms with E-state index in [4.69, 9.17) is 15.2 Å². The fourth-order valence-corrected chi connectivity index (χ4v) is 21.2. The van der Waals surface area contributed by atoms with E-state index >= 15 is 0 Å². The second-order valence-electron chi connectivity index (χ2n) is 36.9. The monoisotopic (exact) mass is 1850 g/mol. The van der Waals surface area contributed by atoms with Crippen LogP contribution in [0.4, 0.5) is 22.0 Å². The van der Waals surface area contributed by atoms with E-state index < -0.39 is 35.5 Å². The molecule has 4 aliphatic heterocycles. The third-order valence-electron chi connectivity index (χ3n) is 28.4. The Hall–Kier alpha value is -12.0. The molecule has 12 aromatic rings. The molecule has 0 unspecified atom stereocenters. The minimum atomic E-state index is -4.34. The van der Waals surface area contributed by atoms with E-state index in [1.54, 1.807) is 40.3 Å². The number of alkyl halides is 3. The molecule has 718 valence electrons. The second-order valence-corrected chi connectivity index (χ2v) is 36.9. The molecular formula is C113H137F5N14O4. The van der Waals surface area contributed by atoms with Gasteiger partial charge >= 0.3 is 6.18 Å². The molecule has 3 aromatic heterocycles. The van der Waals surface area contributed by atoms with Crippen LogP contribution in [0.25, 0.3) is 0 Å². The summed E-state index contributed by atoms with van der Waals surface area (Å²) < 4.78 is 74.2. The minimum Gasteiger partial charge on any atom is -0.358 e. The van der Waals surface area contributed by atoms with Crippen LogP contribution in [0.3, 0.4) is 0 Å². The number of amides is 4. The van der Waals surface area contributed by atoms with Crippen molar-refractivity contribution in [1.29, 1.82) is 0 Å². The lowest BCUT2D eigenvalue weighted by molar-refractivity contribution is -0.137. The Labute approximate surface area is 801 Å². The number of aromatic nitrogens is 6. The summed E-state index contributed by atoms with van der Waals surface area (Å²) in [7, 11) is 6.78. The molecule has 0 saturated carbocycles. The van der Waals surface area contributed by atoms with Crippen LogP contribution in [0.5, 0.6) is 0 Å². The Morgan fingerprint density at radius 2 is 0.831 bits per heavy atom. The highest BCUT2D eigenvalue weighted by Gasteiger charge is 2.44. The quantitative estimate of drug-likeness (QED) is 0.0360. The maximum Gasteiger partial charge on any atom is 0.416 e. The molecule has 9 aromatic carbocycles. The molecule has 0 spiro atoms. The molecule has 4 aliphatic rings. The zero-order valence-electron chi connectivity index (χ0n) is 82.4. The molecule has 0 aliphatic carbocycles. The lowest BCUT2D eigenvalue weighted by Crippen LogP contribution is -2.46. The zero-order chi connectivity index (χ0) is 97.3. The lowest BCUT2D eigenvalue weighted by atomic mass is 9.84. The first-order valence-electron chi connectivity index (χ1n) is 48.5. The maximum absolute atomic E-state index is 14.3. The van der Waals surface area contributed by atoms with Crippen LogP contribution in [0.1, 0.15) is 252 Å². The maximum atomic E-state index is 14.3. The Kier molecular flexibility index (Phi) is 34.5. The van der Waals surface area contributed by atoms with Gasteiger partial charge in [-0.05, 0) is 261 Å². The molecule has 0 bridgehead atoms. The van der Waals surface area contributed by atoms with Crippen molar-refractivity contribution in [2.24, 2.45) is 0 Å². The summed E-state index contributed by atoms with van der Waals surface area (Å²) in [6, 6.07) is 64.6. The summed E-state index contributed by atoms with van der Waals surface area (Å²) in [5.74, 6) is 0.0393. The molecule has 23 heteroatoms. The van der Waals surface area contributed by atoms with Gasteiger partial charge in [-0.2, -0.15) is 23.4 Å². The largest absolute Gasteiger partial charge is 0.416 e. The fraction of sp³-hybridized carbons (Fsp3) is 0.407. The van der Waals surface area contributed by atoms with E-state index in [1.165, 1.54) is 97.3 Å². The Bertz CT molecular complexity index is 6050. The van der Waals surface area contributed by atoms with Gasteiger partial charge in [-0.1, -0.05) is 194 Å². The van der Waals surface area contributed by atoms with Gasteiger partial charge in [-0.25, -0.2) is 13.8 Å². The van der Waals surface area contributed by atoms with Gasteiger partial charge in [0.25, 0.3) is 0 Å². The Morgan fingerprint density at radius 1 is 0.404 bits per heavy atom. The van der Waals surface area contributed by atoms with Gasteiger partial charge in [-0.15, -0.1) is 0 Å². The number of imidazole rings is 1. The van der Waals surface area contributed by atoms with Gasteiger partial charge in [-0.3, -0.25) is 48.1 Å². The van der Waals surface area contributed by atoms with Crippen LogP contribution in [0.15, 0.2) is 206 Å². The number of aryl methyl sites for hydroxylation is 16. The average Bonchev–Trinajstić information content (AvgIpc) is 1.22. The number of hydrogen-bond donors (Lipinski definition) is 4. The molecule has 0 radical (unpaired) electrons. The molecule has 7 heterocycles. The third-order valence-corrected chi connectivity index (χ3v) is 28.4. The summed E-state index contributed by atoms with van der Waals surface area (Å²) in [6.07, 6.45) is 6.33. The molecule has 8 atom stereocenters. The van der Waals surface area contributed by atoms with Gasteiger partial charge in [0.1, 0.15) is 41.6 Å². The van der Waals surface area contributed by atoms with E-state index in [2.05, 4.69) is 204 Å². The molecule has 4 amide bonds. The van der Waals surface area contributed by atoms with E-state index in [0.717, 1.165) is 172 Å². The highest BCUT2D eigenvalue weighted by Crippen LogP contribution is 2.46. The van der Waals surface area contributed by atoms with Crippen LogP contribution in [-0.4, -0.2) is 127 Å². The van der Waals surface area contributed by atoms with Crippen molar-refractivity contribution in [2.75, 3.05) is 54.4 Å². The number of nitrogens with one attached hydrogen (secondary N) is 4. The first kappa shape index (κ1) is 101. The molecule has 0 saturated heterocycles. The standard InChI is InChI=1S/C29H31F3N2O.C28H34F2N4O.2C28H36N4O/c1-19-17-23-15-16-34(27(28(35)33-3)22-7-5-4-6-8-22)26(25(23)18-20(19)2)14-11-21-9-12-24(13-10-21)29(30,31)32;1-5-34-25-12-9-15-33(27(28(35)31-4)21-10-7-6-8-11-21)24(26(25)19(3)32-34)14-13-20-16-22(29)18(2)23(30)17-20;1-6-25-30-21(4)26-24(15-14-22-13-12-19(2)20(3)18-22)31(16-17-32(25)26)27(28(33)29-5)23-10-8-7-9-11-23;1-6-32-25-16-17-31(27(28(33)29-5)23-10-8-7-9-11-23)24(26(25)21(4)30-32)15-14-22-13-12-19(2)18-20(22)3/h4-10,12-13,17-18,26-27H,11,14-16H2,1-3H3,(H,33,35);6-8,10-11,16-17,24,27H,5,9,12-15H2,1-4H3,(H,31,35);2*7-13,18,24,27H,6,14-17H2,1-5H3,(H,29,33)/t26-,27+;3*24-,27+/m0000/s1. The van der Waals surface area contributed by atoms with Crippen molar-refractivity contribution >= 4 is 23.6 Å². The summed E-state index contributed by atoms with van der Waals surface area (Å²) in [4.78, 5) is 67.0. The van der Waals surface area contributed by atoms with Crippen molar-refractivity contribution in [3.63, 3.8) is 0 Å².